The summed E-state index contributed by atoms with van der Waals surface area (Å²) < 4.78 is 24.1. The summed E-state index contributed by atoms with van der Waals surface area (Å²) in [7, 11) is 1.52. The number of carbonyl (C=O) groups excluding carboxylic acids is 1. The molecule has 1 atom stereocenters. The van der Waals surface area contributed by atoms with Crippen molar-refractivity contribution in [2.45, 2.75) is 31.1 Å². The molecule has 0 aliphatic heterocycles. The van der Waals surface area contributed by atoms with E-state index in [0.717, 1.165) is 16.3 Å². The lowest BCUT2D eigenvalue weighted by Crippen LogP contribution is -2.25. The van der Waals surface area contributed by atoms with Crippen LogP contribution in [0, 0.1) is 6.20 Å². The maximum atomic E-state index is 13.3. The number of nitrogens with zero attached hydrogens (tertiary/aromatic N) is 1. The van der Waals surface area contributed by atoms with Gasteiger partial charge in [-0.3, -0.25) is 4.98 Å². The molecular formula is C28H28N3O4S. The van der Waals surface area contributed by atoms with Gasteiger partial charge in [-0.15, -0.1) is 0 Å². The summed E-state index contributed by atoms with van der Waals surface area (Å²) in [5, 5.41) is 7.53. The number of nitrogens with one attached hydrogen (secondary N) is 2. The van der Waals surface area contributed by atoms with Crippen molar-refractivity contribution in [3.63, 3.8) is 0 Å². The van der Waals surface area contributed by atoms with Gasteiger partial charge in [-0.2, -0.15) is 0 Å². The van der Waals surface area contributed by atoms with Gasteiger partial charge in [-0.25, -0.2) is 4.79 Å². The lowest BCUT2D eigenvalue weighted by Gasteiger charge is -2.26. The standard InChI is InChI=1S/C28H28N3O4S/c1-28(2,3)21-10-12-24(34-4)26(36(5)33)25(21)31-27(32)30-22-11-13-23(20-9-7-6-8-19(20)22)35-18-14-16-29-17-15-18/h6-16H,1-5H3,(H2,30,31,32). The highest BCUT2D eigenvalue weighted by Gasteiger charge is 2.29. The van der Waals surface area contributed by atoms with Gasteiger partial charge in [0.05, 0.1) is 19.0 Å². The Morgan fingerprint density at radius 2 is 1.72 bits per heavy atom. The molecule has 0 bridgehead atoms. The van der Waals surface area contributed by atoms with Gasteiger partial charge >= 0.3 is 6.03 Å². The molecule has 36 heavy (non-hydrogen) atoms. The van der Waals surface area contributed by atoms with Crippen LogP contribution in [0.3, 0.4) is 0 Å². The van der Waals surface area contributed by atoms with Crippen LogP contribution in [-0.2, 0) is 16.6 Å². The zero-order valence-corrected chi connectivity index (χ0v) is 21.7. The largest absolute Gasteiger partial charge is 0.611 e. The predicted molar refractivity (Wildman–Crippen MR) is 144 cm³/mol. The molecule has 7 nitrogen and oxygen atoms in total. The second kappa shape index (κ2) is 10.5. The van der Waals surface area contributed by atoms with Crippen LogP contribution in [0.15, 0.2) is 71.8 Å². The van der Waals surface area contributed by atoms with Crippen molar-refractivity contribution < 1.29 is 18.8 Å². The van der Waals surface area contributed by atoms with E-state index in [1.165, 1.54) is 7.11 Å². The number of hydrogen-bond acceptors (Lipinski definition) is 5. The number of ether oxygens (including phenoxy) is 2. The number of carbonyl (C=O) groups is 1. The SMILES string of the molecule is COc1ccc(C(C)(C)C)c(NC(=O)Nc2ccc(Oc3c[c]ncc3)c3ccccc23)c1[S+](C)[O-]. The van der Waals surface area contributed by atoms with E-state index in [1.54, 1.807) is 42.8 Å². The fourth-order valence-corrected chi connectivity index (χ4v) is 4.87. The van der Waals surface area contributed by atoms with E-state index >= 15 is 0 Å². The number of methoxy groups -OCH3 is 1. The lowest BCUT2D eigenvalue weighted by molar-refractivity contribution is 0.262. The number of hydrogen-bond donors (Lipinski definition) is 2. The molecule has 0 saturated heterocycles. The van der Waals surface area contributed by atoms with E-state index < -0.39 is 17.2 Å². The quantitative estimate of drug-likeness (QED) is 0.293. The van der Waals surface area contributed by atoms with Crippen LogP contribution in [0.2, 0.25) is 0 Å². The molecule has 0 aliphatic carbocycles. The summed E-state index contributed by atoms with van der Waals surface area (Å²) in [5.41, 5.74) is 1.64. The maximum Gasteiger partial charge on any atom is 0.323 e. The van der Waals surface area contributed by atoms with Crippen molar-refractivity contribution in [2.75, 3.05) is 24.0 Å². The number of aromatic nitrogens is 1. The molecule has 2 N–H and O–H groups in total. The highest BCUT2D eigenvalue weighted by Crippen LogP contribution is 2.40. The van der Waals surface area contributed by atoms with E-state index in [9.17, 15) is 9.35 Å². The van der Waals surface area contributed by atoms with Gasteiger partial charge < -0.3 is 24.7 Å². The smallest absolute Gasteiger partial charge is 0.323 e. The van der Waals surface area contributed by atoms with Crippen molar-refractivity contribution in [2.24, 2.45) is 0 Å². The topological polar surface area (TPSA) is 95.5 Å². The Morgan fingerprint density at radius 1 is 1.00 bits per heavy atom. The molecule has 1 radical (unpaired) electrons. The third-order valence-electron chi connectivity index (χ3n) is 5.63. The number of benzene rings is 3. The Labute approximate surface area is 214 Å². The van der Waals surface area contributed by atoms with E-state index in [-0.39, 0.29) is 5.41 Å². The molecule has 185 valence electrons. The number of amides is 2. The molecule has 1 unspecified atom stereocenters. The summed E-state index contributed by atoms with van der Waals surface area (Å²) in [5.74, 6) is 1.71. The van der Waals surface area contributed by atoms with Crippen LogP contribution >= 0.6 is 0 Å². The van der Waals surface area contributed by atoms with Gasteiger partial charge in [0.1, 0.15) is 23.4 Å². The number of fused-ring (bicyclic) bond motifs is 1. The third-order valence-corrected chi connectivity index (χ3v) is 6.61. The van der Waals surface area contributed by atoms with Crippen molar-refractivity contribution in [3.8, 4) is 17.2 Å². The minimum atomic E-state index is -1.40. The average molecular weight is 503 g/mol. The molecule has 2 amide bonds. The highest BCUT2D eigenvalue weighted by molar-refractivity contribution is 7.91. The molecular weight excluding hydrogens is 474 g/mol. The summed E-state index contributed by atoms with van der Waals surface area (Å²) >= 11 is -1.40. The van der Waals surface area contributed by atoms with Crippen molar-refractivity contribution >= 4 is 39.4 Å². The number of anilines is 2. The first-order valence-corrected chi connectivity index (χ1v) is 12.9. The Morgan fingerprint density at radius 3 is 2.36 bits per heavy atom. The van der Waals surface area contributed by atoms with E-state index in [4.69, 9.17) is 9.47 Å². The Kier molecular flexibility index (Phi) is 7.37. The Bertz CT molecular complexity index is 1390. The molecule has 4 rings (SSSR count). The van der Waals surface area contributed by atoms with E-state index in [0.29, 0.717) is 33.5 Å². The second-order valence-corrected chi connectivity index (χ2v) is 10.5. The normalized spacial score (nSPS) is 12.2. The summed E-state index contributed by atoms with van der Waals surface area (Å²) in [6.07, 6.45) is 5.94. The van der Waals surface area contributed by atoms with Crippen LogP contribution in [0.5, 0.6) is 17.2 Å². The van der Waals surface area contributed by atoms with Crippen LogP contribution < -0.4 is 20.1 Å². The van der Waals surface area contributed by atoms with Crippen LogP contribution in [0.4, 0.5) is 16.2 Å². The molecule has 1 heterocycles. The minimum absolute atomic E-state index is 0.306. The van der Waals surface area contributed by atoms with Gasteiger partial charge in [-0.05, 0) is 46.4 Å². The van der Waals surface area contributed by atoms with Gasteiger partial charge in [-0.1, -0.05) is 51.1 Å². The first-order valence-electron chi connectivity index (χ1n) is 11.3. The predicted octanol–water partition coefficient (Wildman–Crippen LogP) is 6.51. The average Bonchev–Trinajstić information content (AvgIpc) is 2.85. The van der Waals surface area contributed by atoms with Gasteiger partial charge in [0.2, 0.25) is 4.90 Å². The molecule has 0 spiro atoms. The number of rotatable bonds is 6. The van der Waals surface area contributed by atoms with E-state index in [1.807, 2.05) is 51.1 Å². The van der Waals surface area contributed by atoms with Crippen molar-refractivity contribution in [1.29, 1.82) is 0 Å². The summed E-state index contributed by atoms with van der Waals surface area (Å²) in [6, 6.07) is 17.9. The Balaban J connectivity index is 1.68. The zero-order valence-electron chi connectivity index (χ0n) is 20.8. The van der Waals surface area contributed by atoms with Crippen LogP contribution in [0.25, 0.3) is 10.8 Å². The molecule has 0 saturated carbocycles. The fraction of sp³-hybridized carbons (Fsp3) is 0.214. The number of pyridine rings is 1. The monoisotopic (exact) mass is 502 g/mol. The van der Waals surface area contributed by atoms with Gasteiger partial charge in [0, 0.05) is 23.0 Å². The molecule has 0 fully saturated rings. The third kappa shape index (κ3) is 5.40. The molecule has 4 aromatic rings. The van der Waals surface area contributed by atoms with Gasteiger partial charge in [0.25, 0.3) is 0 Å². The van der Waals surface area contributed by atoms with Crippen molar-refractivity contribution in [1.82, 2.24) is 4.98 Å². The molecule has 1 aromatic heterocycles. The zero-order chi connectivity index (χ0) is 25.9. The molecule has 3 aromatic carbocycles. The summed E-state index contributed by atoms with van der Waals surface area (Å²) in [4.78, 5) is 17.6. The second-order valence-electron chi connectivity index (χ2n) is 9.18. The number of urea groups is 1. The van der Waals surface area contributed by atoms with Crippen LogP contribution in [0.1, 0.15) is 26.3 Å². The van der Waals surface area contributed by atoms with Crippen molar-refractivity contribution in [3.05, 3.63) is 78.6 Å². The molecule has 8 heteroatoms. The van der Waals surface area contributed by atoms with E-state index in [2.05, 4.69) is 21.8 Å². The minimum Gasteiger partial charge on any atom is -0.611 e. The van der Waals surface area contributed by atoms with Crippen LogP contribution in [-0.4, -0.2) is 28.9 Å². The first-order chi connectivity index (χ1) is 17.2. The fourth-order valence-electron chi connectivity index (χ4n) is 3.99. The lowest BCUT2D eigenvalue weighted by atomic mass is 9.85. The first kappa shape index (κ1) is 25.3. The Hall–Kier alpha value is -3.75. The summed E-state index contributed by atoms with van der Waals surface area (Å²) in [6.45, 7) is 6.10. The highest BCUT2D eigenvalue weighted by atomic mass is 32.2. The molecule has 0 aliphatic rings. The maximum absolute atomic E-state index is 13.3. The van der Waals surface area contributed by atoms with Gasteiger partial charge in [0.15, 0.2) is 5.75 Å².